The first-order valence-corrected chi connectivity index (χ1v) is 11.9. The fourth-order valence-corrected chi connectivity index (χ4v) is 5.16. The molecule has 2 aliphatic rings. The molecule has 1 fully saturated rings. The van der Waals surface area contributed by atoms with E-state index in [1.807, 2.05) is 35.6 Å². The summed E-state index contributed by atoms with van der Waals surface area (Å²) in [4.78, 5) is 20.7. The van der Waals surface area contributed by atoms with Crippen molar-refractivity contribution in [1.82, 2.24) is 4.90 Å². The highest BCUT2D eigenvalue weighted by Crippen LogP contribution is 2.31. The Kier molecular flexibility index (Phi) is 6.00. The van der Waals surface area contributed by atoms with Gasteiger partial charge in [-0.25, -0.2) is 4.99 Å². The van der Waals surface area contributed by atoms with Crippen molar-refractivity contribution >= 4 is 39.1 Å². The number of piperazine rings is 1. The van der Waals surface area contributed by atoms with Crippen LogP contribution in [0.2, 0.25) is 0 Å². The highest BCUT2D eigenvalue weighted by Gasteiger charge is 2.18. The molecule has 31 heavy (non-hydrogen) atoms. The summed E-state index contributed by atoms with van der Waals surface area (Å²) in [7, 11) is 0. The number of thiophene rings is 1. The lowest BCUT2D eigenvalue weighted by molar-refractivity contribution is -0.117. The van der Waals surface area contributed by atoms with E-state index in [0.29, 0.717) is 13.0 Å². The standard InChI is InChI=1S/C25H27N3O2S/c29-25-9-7-19-6-8-20(18-22(19)26-25)30-16-2-1-11-27-12-14-28(15-13-27)23-4-3-5-24-21(23)10-17-31-24/h3-8,10,17-18H,1-2,9,11-16H2. The third-order valence-corrected chi connectivity index (χ3v) is 6.95. The molecule has 3 heterocycles. The van der Waals surface area contributed by atoms with Crippen LogP contribution in [0.5, 0.6) is 5.75 Å². The number of benzene rings is 2. The van der Waals surface area contributed by atoms with Gasteiger partial charge in [0.1, 0.15) is 5.75 Å². The SMILES string of the molecule is O=C1CC=c2ccc(OCCCCN3CCN(c4cccc5sccc45)CC3)cc2=N1. The number of carbonyl (C=O) groups excluding carboxylic acids is 1. The molecule has 0 aliphatic carbocycles. The summed E-state index contributed by atoms with van der Waals surface area (Å²) in [5.41, 5.74) is 1.38. The Morgan fingerprint density at radius 1 is 1.03 bits per heavy atom. The second kappa shape index (κ2) is 9.20. The van der Waals surface area contributed by atoms with Gasteiger partial charge in [-0.1, -0.05) is 12.1 Å². The van der Waals surface area contributed by atoms with Crippen molar-refractivity contribution in [2.75, 3.05) is 44.2 Å². The van der Waals surface area contributed by atoms with Gasteiger partial charge in [0.2, 0.25) is 5.91 Å². The molecule has 0 N–H and O–H groups in total. The average Bonchev–Trinajstić information content (AvgIpc) is 3.28. The van der Waals surface area contributed by atoms with Crippen LogP contribution in [0.25, 0.3) is 16.2 Å². The summed E-state index contributed by atoms with van der Waals surface area (Å²) in [5.74, 6) is 0.707. The number of ether oxygens (including phenoxy) is 1. The summed E-state index contributed by atoms with van der Waals surface area (Å²) in [6.45, 7) is 6.19. The maximum absolute atomic E-state index is 11.5. The van der Waals surface area contributed by atoms with E-state index in [9.17, 15) is 4.79 Å². The number of hydrogen-bond donors (Lipinski definition) is 0. The van der Waals surface area contributed by atoms with Gasteiger partial charge in [-0.3, -0.25) is 9.69 Å². The molecule has 0 spiro atoms. The van der Waals surface area contributed by atoms with Gasteiger partial charge in [0.15, 0.2) is 0 Å². The van der Waals surface area contributed by atoms with Crippen LogP contribution < -0.4 is 20.2 Å². The highest BCUT2D eigenvalue weighted by molar-refractivity contribution is 7.17. The third kappa shape index (κ3) is 4.65. The number of amides is 1. The maximum atomic E-state index is 11.5. The quantitative estimate of drug-likeness (QED) is 0.537. The molecule has 3 aromatic rings. The summed E-state index contributed by atoms with van der Waals surface area (Å²) in [6.07, 6.45) is 4.47. The van der Waals surface area contributed by atoms with E-state index in [2.05, 4.69) is 44.4 Å². The summed E-state index contributed by atoms with van der Waals surface area (Å²) in [5, 5.41) is 5.31. The van der Waals surface area contributed by atoms with E-state index < -0.39 is 0 Å². The Labute approximate surface area is 186 Å². The molecule has 5 nitrogen and oxygen atoms in total. The van der Waals surface area contributed by atoms with Crippen LogP contribution in [0.1, 0.15) is 19.3 Å². The molecule has 0 bridgehead atoms. The van der Waals surface area contributed by atoms with Crippen molar-refractivity contribution in [1.29, 1.82) is 0 Å². The summed E-state index contributed by atoms with van der Waals surface area (Å²) >= 11 is 1.82. The van der Waals surface area contributed by atoms with Crippen molar-refractivity contribution in [3.8, 4) is 5.75 Å². The number of hydrogen-bond acceptors (Lipinski definition) is 5. The fraction of sp³-hybridized carbons (Fsp3) is 0.360. The van der Waals surface area contributed by atoms with Gasteiger partial charge in [0, 0.05) is 54.4 Å². The predicted octanol–water partition coefficient (Wildman–Crippen LogP) is 3.21. The van der Waals surface area contributed by atoms with Gasteiger partial charge in [-0.05, 0) is 60.3 Å². The first-order valence-electron chi connectivity index (χ1n) is 11.0. The Balaban J connectivity index is 1.05. The van der Waals surface area contributed by atoms with Gasteiger partial charge in [-0.15, -0.1) is 11.3 Å². The van der Waals surface area contributed by atoms with Crippen LogP contribution in [0.4, 0.5) is 5.69 Å². The van der Waals surface area contributed by atoms with Crippen LogP contribution in [-0.4, -0.2) is 50.1 Å². The molecule has 1 saturated heterocycles. The third-order valence-electron chi connectivity index (χ3n) is 6.07. The normalized spacial score (nSPS) is 16.6. The zero-order valence-corrected chi connectivity index (χ0v) is 18.4. The van der Waals surface area contributed by atoms with E-state index in [-0.39, 0.29) is 5.91 Å². The van der Waals surface area contributed by atoms with Crippen molar-refractivity contribution in [2.24, 2.45) is 4.99 Å². The van der Waals surface area contributed by atoms with E-state index in [1.165, 1.54) is 15.8 Å². The van der Waals surface area contributed by atoms with E-state index >= 15 is 0 Å². The van der Waals surface area contributed by atoms with Gasteiger partial charge >= 0.3 is 0 Å². The molecule has 1 aromatic heterocycles. The largest absolute Gasteiger partial charge is 0.494 e. The van der Waals surface area contributed by atoms with Gasteiger partial charge in [0.25, 0.3) is 0 Å². The molecule has 2 aromatic carbocycles. The number of rotatable bonds is 7. The second-order valence-electron chi connectivity index (χ2n) is 8.13. The zero-order valence-electron chi connectivity index (χ0n) is 17.6. The lowest BCUT2D eigenvalue weighted by Gasteiger charge is -2.36. The number of carbonyl (C=O) groups is 1. The maximum Gasteiger partial charge on any atom is 0.250 e. The minimum atomic E-state index is -0.0863. The van der Waals surface area contributed by atoms with Gasteiger partial charge in [0.05, 0.1) is 12.0 Å². The Morgan fingerprint density at radius 2 is 1.94 bits per heavy atom. The van der Waals surface area contributed by atoms with E-state index in [1.54, 1.807) is 0 Å². The molecule has 6 heteroatoms. The topological polar surface area (TPSA) is 45.1 Å². The predicted molar refractivity (Wildman–Crippen MR) is 127 cm³/mol. The molecule has 2 aliphatic heterocycles. The fourth-order valence-electron chi connectivity index (χ4n) is 4.35. The van der Waals surface area contributed by atoms with Crippen LogP contribution in [0, 0.1) is 0 Å². The van der Waals surface area contributed by atoms with Crippen molar-refractivity contribution in [3.05, 3.63) is 58.4 Å². The van der Waals surface area contributed by atoms with Crippen molar-refractivity contribution < 1.29 is 9.53 Å². The van der Waals surface area contributed by atoms with Gasteiger partial charge in [-0.2, -0.15) is 0 Å². The van der Waals surface area contributed by atoms with E-state index in [4.69, 9.17) is 4.74 Å². The van der Waals surface area contributed by atoms with Crippen LogP contribution in [0.3, 0.4) is 0 Å². The minimum absolute atomic E-state index is 0.0863. The molecule has 5 rings (SSSR count). The van der Waals surface area contributed by atoms with Gasteiger partial charge < -0.3 is 9.64 Å². The number of nitrogens with zero attached hydrogens (tertiary/aromatic N) is 3. The molecule has 0 atom stereocenters. The summed E-state index contributed by atoms with van der Waals surface area (Å²) in [6, 6.07) is 14.7. The second-order valence-corrected chi connectivity index (χ2v) is 9.08. The lowest BCUT2D eigenvalue weighted by Crippen LogP contribution is -2.46. The minimum Gasteiger partial charge on any atom is -0.494 e. The first-order chi connectivity index (χ1) is 15.3. The summed E-state index contributed by atoms with van der Waals surface area (Å²) < 4.78 is 7.27. The lowest BCUT2D eigenvalue weighted by atomic mass is 10.2. The molecule has 0 radical (unpaired) electrons. The Bertz CT molecular complexity index is 1190. The smallest absolute Gasteiger partial charge is 0.250 e. The monoisotopic (exact) mass is 433 g/mol. The number of unbranched alkanes of at least 4 members (excludes halogenated alkanes) is 1. The van der Waals surface area contributed by atoms with Crippen LogP contribution >= 0.6 is 11.3 Å². The van der Waals surface area contributed by atoms with Crippen LogP contribution in [0.15, 0.2) is 52.8 Å². The number of anilines is 1. The van der Waals surface area contributed by atoms with E-state index in [0.717, 1.165) is 61.9 Å². The Hall–Kier alpha value is -2.70. The highest BCUT2D eigenvalue weighted by atomic mass is 32.1. The molecular weight excluding hydrogens is 406 g/mol. The first kappa shape index (κ1) is 20.2. The number of fused-ring (bicyclic) bond motifs is 2. The zero-order chi connectivity index (χ0) is 21.0. The van der Waals surface area contributed by atoms with Crippen molar-refractivity contribution in [3.63, 3.8) is 0 Å². The van der Waals surface area contributed by atoms with Crippen LogP contribution in [-0.2, 0) is 4.79 Å². The molecule has 0 saturated carbocycles. The molecule has 160 valence electrons. The molecule has 0 unspecified atom stereocenters. The molecule has 1 amide bonds. The van der Waals surface area contributed by atoms with Crippen molar-refractivity contribution in [2.45, 2.75) is 19.3 Å². The Morgan fingerprint density at radius 3 is 2.84 bits per heavy atom. The average molecular weight is 434 g/mol. The molecular formula is C25H27N3O2S.